The molecule has 1 aliphatic rings. The Hall–Kier alpha value is -0.540. The van der Waals surface area contributed by atoms with Crippen molar-refractivity contribution < 1.29 is 4.79 Å². The van der Waals surface area contributed by atoms with Gasteiger partial charge in [0.05, 0.1) is 10.6 Å². The summed E-state index contributed by atoms with van der Waals surface area (Å²) < 4.78 is 0. The van der Waals surface area contributed by atoms with E-state index in [1.165, 1.54) is 0 Å². The van der Waals surface area contributed by atoms with Crippen molar-refractivity contribution in [3.8, 4) is 0 Å². The summed E-state index contributed by atoms with van der Waals surface area (Å²) in [5, 5.41) is 1.39. The van der Waals surface area contributed by atoms with Crippen molar-refractivity contribution in [2.24, 2.45) is 0 Å². The molecule has 0 heterocycles. The Morgan fingerprint density at radius 3 is 2.82 bits per heavy atom. The van der Waals surface area contributed by atoms with Crippen molar-refractivity contribution >= 4 is 33.4 Å². The predicted octanol–water partition coefficient (Wildman–Crippen LogP) is 3.65. The fourth-order valence-electron chi connectivity index (χ4n) is 1.89. The molecule has 0 N–H and O–H groups in total. The highest BCUT2D eigenvalue weighted by molar-refractivity contribution is 9.09. The predicted molar refractivity (Wildman–Crippen MR) is 74.0 cm³/mol. The van der Waals surface area contributed by atoms with Gasteiger partial charge >= 0.3 is 0 Å². The molecule has 0 bridgehead atoms. The average Bonchev–Trinajstić information content (AvgIpc) is 3.13. The lowest BCUT2D eigenvalue weighted by Gasteiger charge is -2.22. The Balaban J connectivity index is 2.25. The van der Waals surface area contributed by atoms with Gasteiger partial charge in [-0.2, -0.15) is 0 Å². The molecule has 0 unspecified atom stereocenters. The molecule has 1 amide bonds. The number of halogens is 2. The van der Waals surface area contributed by atoms with Crippen LogP contribution in [0, 0.1) is 6.92 Å². The van der Waals surface area contributed by atoms with Crippen molar-refractivity contribution in [3.05, 3.63) is 34.3 Å². The molecule has 92 valence electrons. The van der Waals surface area contributed by atoms with Crippen molar-refractivity contribution in [3.63, 3.8) is 0 Å². The molecular weight excluding hydrogens is 302 g/mol. The standard InChI is InChI=1S/C13H15BrClNO/c1-9-3-2-4-11(12(9)15)13(17)16(8-7-14)10-5-6-10/h2-4,10H,5-8H2,1H3. The molecule has 1 aliphatic carbocycles. The van der Waals surface area contributed by atoms with Crippen LogP contribution in [0.3, 0.4) is 0 Å². The number of hydrogen-bond donors (Lipinski definition) is 0. The van der Waals surface area contributed by atoms with Crippen LogP contribution in [0.4, 0.5) is 0 Å². The third kappa shape index (κ3) is 2.83. The van der Waals surface area contributed by atoms with Crippen LogP contribution in [0.1, 0.15) is 28.8 Å². The third-order valence-corrected chi connectivity index (χ3v) is 3.85. The first-order valence-electron chi connectivity index (χ1n) is 5.77. The lowest BCUT2D eigenvalue weighted by molar-refractivity contribution is 0.0755. The number of carbonyl (C=O) groups is 1. The van der Waals surface area contributed by atoms with E-state index in [0.717, 1.165) is 30.3 Å². The van der Waals surface area contributed by atoms with Crippen LogP contribution >= 0.6 is 27.5 Å². The Morgan fingerprint density at radius 1 is 1.53 bits per heavy atom. The van der Waals surface area contributed by atoms with Gasteiger partial charge in [-0.3, -0.25) is 4.79 Å². The van der Waals surface area contributed by atoms with Crippen LogP contribution in [0.2, 0.25) is 5.02 Å². The molecule has 0 atom stereocenters. The van der Waals surface area contributed by atoms with E-state index in [2.05, 4.69) is 15.9 Å². The summed E-state index contributed by atoms with van der Waals surface area (Å²) in [5.41, 5.74) is 1.58. The van der Waals surface area contributed by atoms with Crippen LogP contribution in [0.5, 0.6) is 0 Å². The van der Waals surface area contributed by atoms with E-state index in [4.69, 9.17) is 11.6 Å². The quantitative estimate of drug-likeness (QED) is 0.777. The first-order chi connectivity index (χ1) is 8.15. The summed E-state index contributed by atoms with van der Waals surface area (Å²) in [7, 11) is 0. The smallest absolute Gasteiger partial charge is 0.255 e. The van der Waals surface area contributed by atoms with Gasteiger partial charge in [0, 0.05) is 17.9 Å². The Bertz CT molecular complexity index is 431. The molecular formula is C13H15BrClNO. The number of nitrogens with zero attached hydrogens (tertiary/aromatic N) is 1. The second kappa shape index (κ2) is 5.40. The van der Waals surface area contributed by atoms with Crippen LogP contribution < -0.4 is 0 Å². The molecule has 1 saturated carbocycles. The highest BCUT2D eigenvalue weighted by Gasteiger charge is 2.33. The van der Waals surface area contributed by atoms with E-state index in [9.17, 15) is 4.79 Å². The van der Waals surface area contributed by atoms with E-state index in [-0.39, 0.29) is 5.91 Å². The lowest BCUT2D eigenvalue weighted by atomic mass is 10.1. The maximum absolute atomic E-state index is 12.4. The summed E-state index contributed by atoms with van der Waals surface area (Å²) >= 11 is 9.59. The van der Waals surface area contributed by atoms with Crippen LogP contribution in [0.15, 0.2) is 18.2 Å². The SMILES string of the molecule is Cc1cccc(C(=O)N(CCBr)C2CC2)c1Cl. The minimum atomic E-state index is 0.0562. The summed E-state index contributed by atoms with van der Waals surface area (Å²) in [6, 6.07) is 6.02. The highest BCUT2D eigenvalue weighted by atomic mass is 79.9. The number of amides is 1. The fraction of sp³-hybridized carbons (Fsp3) is 0.462. The number of alkyl halides is 1. The largest absolute Gasteiger partial charge is 0.335 e. The van der Waals surface area contributed by atoms with Crippen LogP contribution in [-0.2, 0) is 0 Å². The monoisotopic (exact) mass is 315 g/mol. The van der Waals surface area contributed by atoms with Gasteiger partial charge in [0.2, 0.25) is 0 Å². The highest BCUT2D eigenvalue weighted by Crippen LogP contribution is 2.30. The topological polar surface area (TPSA) is 20.3 Å². The zero-order chi connectivity index (χ0) is 12.4. The minimum absolute atomic E-state index is 0.0562. The van der Waals surface area contributed by atoms with Crippen LogP contribution in [0.25, 0.3) is 0 Å². The van der Waals surface area contributed by atoms with Gasteiger partial charge in [0.1, 0.15) is 0 Å². The molecule has 1 aromatic carbocycles. The van der Waals surface area contributed by atoms with Gasteiger partial charge in [0.25, 0.3) is 5.91 Å². The summed E-state index contributed by atoms with van der Waals surface area (Å²) in [6.07, 6.45) is 2.23. The zero-order valence-corrected chi connectivity index (χ0v) is 12.1. The summed E-state index contributed by atoms with van der Waals surface area (Å²) in [5.74, 6) is 0.0562. The number of hydrogen-bond acceptors (Lipinski definition) is 1. The molecule has 2 rings (SSSR count). The zero-order valence-electron chi connectivity index (χ0n) is 9.75. The Kier molecular flexibility index (Phi) is 4.10. The molecule has 0 saturated heterocycles. The average molecular weight is 317 g/mol. The van der Waals surface area contributed by atoms with Gasteiger partial charge < -0.3 is 4.90 Å². The van der Waals surface area contributed by atoms with Crippen molar-refractivity contribution in [1.29, 1.82) is 0 Å². The first-order valence-corrected chi connectivity index (χ1v) is 7.27. The minimum Gasteiger partial charge on any atom is -0.335 e. The molecule has 1 fully saturated rings. The van der Waals surface area contributed by atoms with E-state index >= 15 is 0 Å². The van der Waals surface area contributed by atoms with Crippen molar-refractivity contribution in [1.82, 2.24) is 4.90 Å². The third-order valence-electron chi connectivity index (χ3n) is 3.00. The molecule has 0 radical (unpaired) electrons. The number of rotatable bonds is 4. The normalized spacial score (nSPS) is 14.8. The van der Waals surface area contributed by atoms with Gasteiger partial charge in [-0.15, -0.1) is 0 Å². The number of benzene rings is 1. The molecule has 4 heteroatoms. The molecule has 0 aliphatic heterocycles. The maximum atomic E-state index is 12.4. The second-order valence-corrected chi connectivity index (χ2v) is 5.53. The summed E-state index contributed by atoms with van der Waals surface area (Å²) in [6.45, 7) is 2.67. The van der Waals surface area contributed by atoms with Gasteiger partial charge in [-0.25, -0.2) is 0 Å². The molecule has 2 nitrogen and oxygen atoms in total. The fourth-order valence-corrected chi connectivity index (χ4v) is 2.48. The van der Waals surface area contributed by atoms with Gasteiger partial charge in [0.15, 0.2) is 0 Å². The lowest BCUT2D eigenvalue weighted by Crippen LogP contribution is -2.34. The molecule has 17 heavy (non-hydrogen) atoms. The molecule has 1 aromatic rings. The van der Waals surface area contributed by atoms with E-state index in [1.54, 1.807) is 6.07 Å². The first kappa shape index (κ1) is 12.9. The van der Waals surface area contributed by atoms with Gasteiger partial charge in [-0.05, 0) is 31.4 Å². The van der Waals surface area contributed by atoms with Crippen molar-refractivity contribution in [2.75, 3.05) is 11.9 Å². The molecule has 0 spiro atoms. The summed E-state index contributed by atoms with van der Waals surface area (Å²) in [4.78, 5) is 14.3. The number of aryl methyl sites for hydroxylation is 1. The van der Waals surface area contributed by atoms with E-state index < -0.39 is 0 Å². The van der Waals surface area contributed by atoms with Gasteiger partial charge in [-0.1, -0.05) is 39.7 Å². The van der Waals surface area contributed by atoms with Crippen molar-refractivity contribution in [2.45, 2.75) is 25.8 Å². The van der Waals surface area contributed by atoms with Crippen LogP contribution in [-0.4, -0.2) is 28.7 Å². The maximum Gasteiger partial charge on any atom is 0.255 e. The second-order valence-electron chi connectivity index (χ2n) is 4.36. The Morgan fingerprint density at radius 2 is 2.24 bits per heavy atom. The van der Waals surface area contributed by atoms with E-state index in [1.807, 2.05) is 24.0 Å². The Labute approximate surface area is 115 Å². The number of carbonyl (C=O) groups excluding carboxylic acids is 1. The van der Waals surface area contributed by atoms with E-state index in [0.29, 0.717) is 16.6 Å². The molecule has 0 aromatic heterocycles.